The predicted octanol–water partition coefficient (Wildman–Crippen LogP) is 1.62. The van der Waals surface area contributed by atoms with Crippen molar-refractivity contribution in [1.29, 1.82) is 0 Å². The largest absolute Gasteiger partial charge is 2.00 e. The molecule has 32 heavy (non-hydrogen) atoms. The summed E-state index contributed by atoms with van der Waals surface area (Å²) in [4.78, 5) is 11.4. The van der Waals surface area contributed by atoms with Crippen LogP contribution in [0.2, 0.25) is 0 Å². The number of nitrogens with one attached hydrogen (secondary N) is 1. The summed E-state index contributed by atoms with van der Waals surface area (Å²) >= 11 is 11.8. The molecule has 1 aromatic heterocycles. The normalized spacial score (nSPS) is 19.4. The number of aryl methyl sites for hydroxylation is 1. The molecule has 16 heteroatoms. The summed E-state index contributed by atoms with van der Waals surface area (Å²) in [5.74, 6) is 0. The Morgan fingerprint density at radius 2 is 1.66 bits per heavy atom. The molecule has 0 radical (unpaired) electrons. The first-order valence-electron chi connectivity index (χ1n) is 8.27. The van der Waals surface area contributed by atoms with Gasteiger partial charge in [0.15, 0.2) is 5.69 Å². The smallest absolute Gasteiger partial charge is 0.744 e. The number of allylic oxidation sites excluding steroid dienone is 2. The molecule has 2 aromatic rings. The first kappa shape index (κ1) is 27.2. The van der Waals surface area contributed by atoms with Gasteiger partial charge in [-0.1, -0.05) is 6.07 Å². The van der Waals surface area contributed by atoms with Gasteiger partial charge in [0.05, 0.1) is 31.9 Å². The third-order valence-corrected chi connectivity index (χ3v) is 6.76. The summed E-state index contributed by atoms with van der Waals surface area (Å²) in [5, 5.41) is 8.23. The Balaban J connectivity index is 0.00000363. The first-order chi connectivity index (χ1) is 14.3. The van der Waals surface area contributed by atoms with Crippen LogP contribution in [0.3, 0.4) is 0 Å². The van der Waals surface area contributed by atoms with E-state index in [0.717, 1.165) is 29.0 Å². The van der Waals surface area contributed by atoms with E-state index in [1.807, 2.05) is 0 Å². The van der Waals surface area contributed by atoms with Crippen molar-refractivity contribution < 1.29 is 25.9 Å². The van der Waals surface area contributed by atoms with Gasteiger partial charge in [0.25, 0.3) is 5.56 Å². The van der Waals surface area contributed by atoms with Gasteiger partial charge >= 0.3 is 37.7 Å². The topological polar surface area (TPSA) is 177 Å². The second kappa shape index (κ2) is 10.1. The summed E-state index contributed by atoms with van der Waals surface area (Å²) < 4.78 is 69.0. The number of azo groups is 1. The Labute approximate surface area is 222 Å². The van der Waals surface area contributed by atoms with E-state index in [1.165, 1.54) is 19.1 Å². The van der Waals surface area contributed by atoms with E-state index >= 15 is 0 Å². The van der Waals surface area contributed by atoms with Crippen LogP contribution in [-0.2, 0) is 20.2 Å². The summed E-state index contributed by atoms with van der Waals surface area (Å²) in [6.45, 7) is 1.45. The quantitative estimate of drug-likeness (QED) is 0.256. The number of halogens is 2. The average molecular weight is 547 g/mol. The summed E-state index contributed by atoms with van der Waals surface area (Å²) in [7, 11) is -9.69. The molecule has 0 saturated carbocycles. The number of alkyl halides is 2. The minimum absolute atomic E-state index is 0. The molecule has 1 aliphatic carbocycles. The molecule has 0 amide bonds. The number of aromatic amines is 1. The fourth-order valence-corrected chi connectivity index (χ4v) is 4.31. The standard InChI is InChI=1S/C16H14Cl2N4O7S2.Ca/c1-8-15(20-19-13-6-11(17)12(18)7-14(13)31(27,28)29)16(23)22(21-8)9-3-2-4-10(5-9)30(24,25)26;/h2-7,11-12,21H,1H3,(H,24,25,26)(H,27,28,29);/q;+2/p-2. The Kier molecular flexibility index (Phi) is 8.57. The third-order valence-electron chi connectivity index (χ3n) is 4.12. The molecule has 0 spiro atoms. The van der Waals surface area contributed by atoms with Crippen molar-refractivity contribution in [3.8, 4) is 5.69 Å². The van der Waals surface area contributed by atoms with Crippen LogP contribution in [0.25, 0.3) is 5.69 Å². The maximum Gasteiger partial charge on any atom is 2.00 e. The summed E-state index contributed by atoms with van der Waals surface area (Å²) in [6, 6.07) is 4.72. The van der Waals surface area contributed by atoms with Gasteiger partial charge in [-0.15, -0.1) is 33.4 Å². The molecule has 11 nitrogen and oxygen atoms in total. The van der Waals surface area contributed by atoms with Crippen molar-refractivity contribution in [3.05, 3.63) is 63.1 Å². The molecular formula is C16H12CaCl2N4O7S2. The zero-order chi connectivity index (χ0) is 23.1. The van der Waals surface area contributed by atoms with E-state index in [2.05, 4.69) is 15.3 Å². The zero-order valence-corrected chi connectivity index (χ0v) is 21.5. The molecular weight excluding hydrogens is 535 g/mol. The van der Waals surface area contributed by atoms with Crippen molar-refractivity contribution in [2.75, 3.05) is 0 Å². The van der Waals surface area contributed by atoms with Crippen LogP contribution in [0.5, 0.6) is 0 Å². The third kappa shape index (κ3) is 5.90. The van der Waals surface area contributed by atoms with Crippen LogP contribution < -0.4 is 5.56 Å². The number of rotatable bonds is 5. The van der Waals surface area contributed by atoms with Gasteiger partial charge in [-0.3, -0.25) is 9.89 Å². The predicted molar refractivity (Wildman–Crippen MR) is 115 cm³/mol. The molecule has 0 bridgehead atoms. The Hall–Kier alpha value is -1.03. The number of nitrogens with zero attached hydrogens (tertiary/aromatic N) is 3. The van der Waals surface area contributed by atoms with Crippen LogP contribution in [0.1, 0.15) is 5.69 Å². The average Bonchev–Trinajstić information content (AvgIpc) is 2.95. The second-order valence-corrected chi connectivity index (χ2v) is 10.0. The SMILES string of the molecule is Cc1[nH]n(-c2cccc(S(=O)(=O)[O-])c2)c(=O)c1N=NC1=CC(Cl)C(Cl)C=C1S(=O)(=O)[O-].[Ca+2]. The van der Waals surface area contributed by atoms with Gasteiger partial charge in [0, 0.05) is 0 Å². The Morgan fingerprint density at radius 1 is 1.03 bits per heavy atom. The van der Waals surface area contributed by atoms with Gasteiger partial charge in [-0.05, 0) is 37.3 Å². The van der Waals surface area contributed by atoms with Crippen molar-refractivity contribution in [1.82, 2.24) is 9.78 Å². The molecule has 1 N–H and O–H groups in total. The van der Waals surface area contributed by atoms with Crippen molar-refractivity contribution in [2.45, 2.75) is 22.6 Å². The van der Waals surface area contributed by atoms with Gasteiger partial charge in [0.1, 0.15) is 25.9 Å². The monoisotopic (exact) mass is 546 g/mol. The second-order valence-electron chi connectivity index (χ2n) is 6.30. The number of H-pyrrole nitrogens is 1. The van der Waals surface area contributed by atoms with E-state index in [4.69, 9.17) is 23.2 Å². The van der Waals surface area contributed by atoms with E-state index in [0.29, 0.717) is 0 Å². The molecule has 2 unspecified atom stereocenters. The molecule has 0 saturated heterocycles. The van der Waals surface area contributed by atoms with Crippen LogP contribution in [0, 0.1) is 6.92 Å². The molecule has 1 aromatic carbocycles. The number of hydrogen-bond acceptors (Lipinski definition) is 9. The fraction of sp³-hybridized carbons (Fsp3) is 0.188. The molecule has 1 heterocycles. The van der Waals surface area contributed by atoms with Crippen molar-refractivity contribution >= 4 is 86.9 Å². The number of hydrogen-bond donors (Lipinski definition) is 1. The maximum absolute atomic E-state index is 12.7. The van der Waals surface area contributed by atoms with E-state index in [1.54, 1.807) is 0 Å². The summed E-state index contributed by atoms with van der Waals surface area (Å²) in [6.07, 6.45) is 2.06. The first-order valence-corrected chi connectivity index (χ1v) is 12.0. The fourth-order valence-electron chi connectivity index (χ4n) is 2.66. The van der Waals surface area contributed by atoms with Crippen molar-refractivity contribution in [2.24, 2.45) is 10.2 Å². The van der Waals surface area contributed by atoms with E-state index in [-0.39, 0.29) is 60.5 Å². The van der Waals surface area contributed by atoms with Crippen molar-refractivity contribution in [3.63, 3.8) is 0 Å². The molecule has 166 valence electrons. The van der Waals surface area contributed by atoms with Crippen LogP contribution in [0.4, 0.5) is 5.69 Å². The van der Waals surface area contributed by atoms with Gasteiger partial charge in [-0.25, -0.2) is 21.5 Å². The molecule has 3 rings (SSSR count). The number of aromatic nitrogens is 2. The van der Waals surface area contributed by atoms with Gasteiger partial charge < -0.3 is 9.11 Å². The molecule has 2 atom stereocenters. The molecule has 0 fully saturated rings. The van der Waals surface area contributed by atoms with Gasteiger partial charge in [0.2, 0.25) is 0 Å². The Bertz CT molecular complexity index is 1410. The number of benzene rings is 1. The maximum atomic E-state index is 12.7. The minimum Gasteiger partial charge on any atom is -0.744 e. The molecule has 1 aliphatic rings. The van der Waals surface area contributed by atoms with Crippen LogP contribution >= 0.6 is 23.2 Å². The zero-order valence-electron chi connectivity index (χ0n) is 16.1. The Morgan fingerprint density at radius 3 is 2.25 bits per heavy atom. The van der Waals surface area contributed by atoms with Gasteiger partial charge in [-0.2, -0.15) is 0 Å². The van der Waals surface area contributed by atoms with Crippen LogP contribution in [-0.4, -0.2) is 84.2 Å². The van der Waals surface area contributed by atoms with E-state index < -0.39 is 46.4 Å². The van der Waals surface area contributed by atoms with E-state index in [9.17, 15) is 30.7 Å². The molecule has 0 aliphatic heterocycles. The minimum atomic E-state index is -4.94. The van der Waals surface area contributed by atoms with Crippen LogP contribution in [0.15, 0.2) is 66.9 Å². The summed E-state index contributed by atoms with van der Waals surface area (Å²) in [5.41, 5.74) is -1.17.